The van der Waals surface area contributed by atoms with Gasteiger partial charge in [0.25, 0.3) is 0 Å². The molecule has 0 aromatic rings. The van der Waals surface area contributed by atoms with Gasteiger partial charge in [0.1, 0.15) is 26.3 Å². The van der Waals surface area contributed by atoms with Crippen molar-refractivity contribution < 1.29 is 28.6 Å². The van der Waals surface area contributed by atoms with Gasteiger partial charge in [0.2, 0.25) is 0 Å². The predicted molar refractivity (Wildman–Crippen MR) is 71.0 cm³/mol. The summed E-state index contributed by atoms with van der Waals surface area (Å²) in [7, 11) is 12.3. The summed E-state index contributed by atoms with van der Waals surface area (Å²) in [6.07, 6.45) is 0. The zero-order valence-corrected chi connectivity index (χ0v) is 12.9. The highest BCUT2D eigenvalue weighted by Gasteiger charge is 2.06. The molecule has 0 aliphatic carbocycles. The number of esters is 1. The van der Waals surface area contributed by atoms with Gasteiger partial charge in [0.15, 0.2) is 0 Å². The summed E-state index contributed by atoms with van der Waals surface area (Å²) in [4.78, 5) is 14.2. The molecule has 0 aliphatic rings. The van der Waals surface area contributed by atoms with Crippen molar-refractivity contribution >= 4 is 5.97 Å². The molecule has 0 saturated carbocycles. The van der Waals surface area contributed by atoms with Crippen LogP contribution in [0, 0.1) is 0 Å². The van der Waals surface area contributed by atoms with Crippen molar-refractivity contribution in [3.05, 3.63) is 0 Å². The fourth-order valence-electron chi connectivity index (χ4n) is 0.778. The third kappa shape index (κ3) is 24.5. The van der Waals surface area contributed by atoms with Crippen molar-refractivity contribution in [1.29, 1.82) is 0 Å². The van der Waals surface area contributed by atoms with E-state index < -0.39 is 0 Å². The zero-order valence-electron chi connectivity index (χ0n) is 12.9. The molecule has 0 bridgehead atoms. The molecule has 0 radical (unpaired) electrons. The smallest absolute Gasteiger partial charge is 0.302 e. The van der Waals surface area contributed by atoms with Gasteiger partial charge < -0.3 is 13.7 Å². The van der Waals surface area contributed by atoms with E-state index in [1.807, 2.05) is 21.1 Å². The number of hydrogen-bond acceptors (Lipinski definition) is 4. The largest absolute Gasteiger partial charge is 0.460 e. The monoisotopic (exact) mass is 266 g/mol. The zero-order chi connectivity index (χ0) is 14.8. The summed E-state index contributed by atoms with van der Waals surface area (Å²) in [6.45, 7) is 4.04. The summed E-state index contributed by atoms with van der Waals surface area (Å²) in [5, 5.41) is 7.92. The van der Waals surface area contributed by atoms with Crippen LogP contribution in [0.3, 0.4) is 0 Å². The molecule has 6 heteroatoms. The van der Waals surface area contributed by atoms with Crippen molar-refractivity contribution in [3.8, 4) is 0 Å². The van der Waals surface area contributed by atoms with E-state index in [4.69, 9.17) is 9.99 Å². The van der Waals surface area contributed by atoms with E-state index >= 15 is 0 Å². The number of carbonyl (C=O) groups is 1. The standard InChI is InChI=1S/C7H16NO2.C5H13NO2/c1-7(9)10-6-5-8(2,3)4;1-6(2,3)4-5-8-7/h5-6H2,1-4H3;4-5H2,1-3H3/q+1;/p+1. The van der Waals surface area contributed by atoms with Gasteiger partial charge in [-0.3, -0.25) is 10.1 Å². The van der Waals surface area contributed by atoms with E-state index in [2.05, 4.69) is 26.0 Å². The van der Waals surface area contributed by atoms with E-state index in [1.54, 1.807) is 0 Å². The van der Waals surface area contributed by atoms with Gasteiger partial charge in [-0.1, -0.05) is 0 Å². The Bertz CT molecular complexity index is 219. The molecule has 0 amide bonds. The van der Waals surface area contributed by atoms with Crippen molar-refractivity contribution in [2.24, 2.45) is 0 Å². The number of rotatable bonds is 6. The first-order valence-corrected chi connectivity index (χ1v) is 5.98. The minimum atomic E-state index is -0.201. The Morgan fingerprint density at radius 2 is 1.33 bits per heavy atom. The molecule has 110 valence electrons. The summed E-state index contributed by atoms with van der Waals surface area (Å²) in [5.74, 6) is -0.201. The quantitative estimate of drug-likeness (QED) is 0.328. The highest BCUT2D eigenvalue weighted by Crippen LogP contribution is 1.89. The normalized spacial score (nSPS) is 11.6. The second kappa shape index (κ2) is 9.27. The van der Waals surface area contributed by atoms with Crippen LogP contribution in [0.4, 0.5) is 0 Å². The first kappa shape index (κ1) is 19.6. The Labute approximate surface area is 111 Å². The molecule has 1 N–H and O–H groups in total. The number of hydrogen-bond donors (Lipinski definition) is 1. The summed E-state index contributed by atoms with van der Waals surface area (Å²) in [5.41, 5.74) is 0. The Balaban J connectivity index is 0. The second-order valence-corrected chi connectivity index (χ2v) is 6.20. The van der Waals surface area contributed by atoms with E-state index in [9.17, 15) is 4.79 Å². The fourth-order valence-corrected chi connectivity index (χ4v) is 0.778. The number of ether oxygens (including phenoxy) is 1. The molecule has 0 unspecified atom stereocenters. The lowest BCUT2D eigenvalue weighted by atomic mass is 10.5. The van der Waals surface area contributed by atoms with Crippen LogP contribution in [-0.4, -0.2) is 88.8 Å². The van der Waals surface area contributed by atoms with Crippen LogP contribution in [0.5, 0.6) is 0 Å². The van der Waals surface area contributed by atoms with Crippen molar-refractivity contribution in [2.45, 2.75) is 6.92 Å². The Morgan fingerprint density at radius 1 is 0.944 bits per heavy atom. The molecular formula is C12H30N2O4+2. The Hall–Kier alpha value is -0.690. The number of nitrogens with zero attached hydrogens (tertiary/aromatic N) is 2. The van der Waals surface area contributed by atoms with Crippen molar-refractivity contribution in [3.63, 3.8) is 0 Å². The minimum Gasteiger partial charge on any atom is -0.460 e. The number of likely N-dealkylation sites (N-methyl/N-ethyl adjacent to an activating group) is 2. The lowest BCUT2D eigenvalue weighted by Crippen LogP contribution is -2.37. The fraction of sp³-hybridized carbons (Fsp3) is 0.917. The van der Waals surface area contributed by atoms with Gasteiger partial charge in [-0.2, -0.15) is 0 Å². The molecule has 0 saturated heterocycles. The topological polar surface area (TPSA) is 55.8 Å². The molecule has 6 nitrogen and oxygen atoms in total. The van der Waals surface area contributed by atoms with E-state index in [0.717, 1.165) is 22.1 Å². The van der Waals surface area contributed by atoms with Crippen LogP contribution in [0.25, 0.3) is 0 Å². The average molecular weight is 266 g/mol. The minimum absolute atomic E-state index is 0.201. The summed E-state index contributed by atoms with van der Waals surface area (Å²) in [6, 6.07) is 0. The Kier molecular flexibility index (Phi) is 10.1. The third-order valence-corrected chi connectivity index (χ3v) is 1.92. The van der Waals surface area contributed by atoms with Crippen LogP contribution in [0.1, 0.15) is 6.92 Å². The molecule has 0 fully saturated rings. The number of quaternary nitrogens is 2. The molecular weight excluding hydrogens is 236 g/mol. The second-order valence-electron chi connectivity index (χ2n) is 6.20. The maximum atomic E-state index is 10.3. The molecule has 0 spiro atoms. The van der Waals surface area contributed by atoms with Crippen LogP contribution in [-0.2, 0) is 14.4 Å². The summed E-state index contributed by atoms with van der Waals surface area (Å²) >= 11 is 0. The molecule has 0 aromatic heterocycles. The van der Waals surface area contributed by atoms with E-state index in [0.29, 0.717) is 13.2 Å². The maximum Gasteiger partial charge on any atom is 0.302 e. The third-order valence-electron chi connectivity index (χ3n) is 1.92. The molecule has 18 heavy (non-hydrogen) atoms. The van der Waals surface area contributed by atoms with Crippen LogP contribution >= 0.6 is 0 Å². The van der Waals surface area contributed by atoms with Gasteiger partial charge in [0.05, 0.1) is 42.3 Å². The first-order chi connectivity index (χ1) is 7.98. The number of carbonyl (C=O) groups excluding carboxylic acids is 1. The van der Waals surface area contributed by atoms with Gasteiger partial charge in [-0.15, -0.1) is 0 Å². The SMILES string of the molecule is CC(=O)OCC[N+](C)(C)C.C[N+](C)(C)CCOO. The lowest BCUT2D eigenvalue weighted by Gasteiger charge is -2.23. The van der Waals surface area contributed by atoms with Gasteiger partial charge >= 0.3 is 5.97 Å². The molecule has 0 heterocycles. The van der Waals surface area contributed by atoms with Gasteiger partial charge in [-0.05, 0) is 0 Å². The first-order valence-electron chi connectivity index (χ1n) is 5.98. The molecule has 0 atom stereocenters. The molecule has 0 rings (SSSR count). The average Bonchev–Trinajstić information content (AvgIpc) is 2.11. The lowest BCUT2D eigenvalue weighted by molar-refractivity contribution is -0.871. The molecule has 0 aliphatic heterocycles. The van der Waals surface area contributed by atoms with E-state index in [1.165, 1.54) is 6.92 Å². The van der Waals surface area contributed by atoms with Crippen LogP contribution in [0.2, 0.25) is 0 Å². The van der Waals surface area contributed by atoms with E-state index in [-0.39, 0.29) is 5.97 Å². The van der Waals surface area contributed by atoms with Crippen molar-refractivity contribution in [2.75, 3.05) is 68.6 Å². The maximum absolute atomic E-state index is 10.3. The van der Waals surface area contributed by atoms with Crippen LogP contribution < -0.4 is 0 Å². The Morgan fingerprint density at radius 3 is 1.56 bits per heavy atom. The highest BCUT2D eigenvalue weighted by atomic mass is 17.1. The van der Waals surface area contributed by atoms with Crippen LogP contribution in [0.15, 0.2) is 0 Å². The van der Waals surface area contributed by atoms with Gasteiger partial charge in [-0.25, -0.2) is 4.89 Å². The van der Waals surface area contributed by atoms with Gasteiger partial charge in [0, 0.05) is 6.92 Å². The molecule has 0 aromatic carbocycles. The van der Waals surface area contributed by atoms with Crippen molar-refractivity contribution in [1.82, 2.24) is 0 Å². The summed E-state index contributed by atoms with van der Waals surface area (Å²) < 4.78 is 6.41. The predicted octanol–water partition coefficient (Wildman–Crippen LogP) is 0.438. The highest BCUT2D eigenvalue weighted by molar-refractivity contribution is 5.65.